The van der Waals surface area contributed by atoms with Crippen molar-refractivity contribution in [1.82, 2.24) is 0 Å². The van der Waals surface area contributed by atoms with E-state index in [1.54, 1.807) is 17.0 Å². The first-order chi connectivity index (χ1) is 13.3. The quantitative estimate of drug-likeness (QED) is 0.821. The SMILES string of the molecule is O=C(Nc1ccccc1S(=O)(=O)C(F)F)c1ccc(N2CCCCC2=O)cc1. The fourth-order valence-corrected chi connectivity index (χ4v) is 3.87. The standard InChI is InChI=1S/C19H18F2N2O4S/c20-19(21)28(26,27)16-6-2-1-5-15(16)22-18(25)13-8-10-14(11-9-13)23-12-4-3-7-17(23)24/h1-2,5-6,8-11,19H,3-4,7,12H2,(H,22,25). The molecule has 0 unspecified atom stereocenters. The first kappa shape index (κ1) is 19.9. The Balaban J connectivity index is 1.80. The van der Waals surface area contributed by atoms with Crippen LogP contribution in [-0.2, 0) is 14.6 Å². The van der Waals surface area contributed by atoms with Crippen molar-refractivity contribution in [3.05, 3.63) is 54.1 Å². The highest BCUT2D eigenvalue weighted by atomic mass is 32.2. The summed E-state index contributed by atoms with van der Waals surface area (Å²) in [6.45, 7) is 0.614. The number of hydrogen-bond donors (Lipinski definition) is 1. The summed E-state index contributed by atoms with van der Waals surface area (Å²) in [6.07, 6.45) is 2.25. The number of carbonyl (C=O) groups is 2. The van der Waals surface area contributed by atoms with Crippen LogP contribution in [0.5, 0.6) is 0 Å². The van der Waals surface area contributed by atoms with Crippen LogP contribution < -0.4 is 10.2 Å². The van der Waals surface area contributed by atoms with Crippen molar-refractivity contribution in [3.8, 4) is 0 Å². The van der Waals surface area contributed by atoms with Gasteiger partial charge in [0.15, 0.2) is 0 Å². The van der Waals surface area contributed by atoms with Crippen LogP contribution in [0.3, 0.4) is 0 Å². The number of piperidine rings is 1. The summed E-state index contributed by atoms with van der Waals surface area (Å²) in [6, 6.07) is 11.2. The lowest BCUT2D eigenvalue weighted by molar-refractivity contribution is -0.119. The predicted molar refractivity (Wildman–Crippen MR) is 100 cm³/mol. The van der Waals surface area contributed by atoms with E-state index < -0.39 is 26.4 Å². The van der Waals surface area contributed by atoms with Gasteiger partial charge in [0.05, 0.1) is 10.6 Å². The highest BCUT2D eigenvalue weighted by Crippen LogP contribution is 2.27. The van der Waals surface area contributed by atoms with E-state index in [2.05, 4.69) is 5.32 Å². The van der Waals surface area contributed by atoms with E-state index in [1.165, 1.54) is 30.3 Å². The van der Waals surface area contributed by atoms with Crippen molar-refractivity contribution in [2.24, 2.45) is 0 Å². The van der Waals surface area contributed by atoms with E-state index in [1.807, 2.05) is 0 Å². The molecule has 1 saturated heterocycles. The van der Waals surface area contributed by atoms with Gasteiger partial charge in [0.25, 0.3) is 5.91 Å². The van der Waals surface area contributed by atoms with E-state index >= 15 is 0 Å². The highest BCUT2D eigenvalue weighted by Gasteiger charge is 2.29. The van der Waals surface area contributed by atoms with Crippen LogP contribution in [0, 0.1) is 0 Å². The summed E-state index contributed by atoms with van der Waals surface area (Å²) >= 11 is 0. The molecule has 2 amide bonds. The molecule has 3 rings (SSSR count). The zero-order valence-corrected chi connectivity index (χ0v) is 15.6. The summed E-state index contributed by atoms with van der Waals surface area (Å²) in [5.74, 6) is -4.21. The topological polar surface area (TPSA) is 83.6 Å². The van der Waals surface area contributed by atoms with Gasteiger partial charge in [-0.25, -0.2) is 8.42 Å². The zero-order valence-electron chi connectivity index (χ0n) is 14.8. The molecule has 28 heavy (non-hydrogen) atoms. The number of alkyl halides is 2. The van der Waals surface area contributed by atoms with Crippen LogP contribution in [0.4, 0.5) is 20.2 Å². The molecular formula is C19H18F2N2O4S. The van der Waals surface area contributed by atoms with Gasteiger partial charge in [0.2, 0.25) is 15.7 Å². The van der Waals surface area contributed by atoms with Crippen molar-refractivity contribution in [2.75, 3.05) is 16.8 Å². The molecule has 2 aromatic rings. The molecule has 0 saturated carbocycles. The van der Waals surface area contributed by atoms with Crippen molar-refractivity contribution < 1.29 is 26.8 Å². The fraction of sp³-hybridized carbons (Fsp3) is 0.263. The number of benzene rings is 2. The predicted octanol–water partition coefficient (Wildman–Crippen LogP) is 3.45. The molecule has 148 valence electrons. The Hall–Kier alpha value is -2.81. The molecule has 1 aliphatic rings. The Bertz CT molecular complexity index is 991. The van der Waals surface area contributed by atoms with E-state index in [0.29, 0.717) is 18.7 Å². The molecule has 0 atom stereocenters. The molecule has 0 aromatic heterocycles. The van der Waals surface area contributed by atoms with E-state index in [-0.39, 0.29) is 17.2 Å². The maximum Gasteiger partial charge on any atom is 0.341 e. The number of sulfone groups is 1. The van der Waals surface area contributed by atoms with Gasteiger partial charge in [-0.05, 0) is 49.2 Å². The minimum Gasteiger partial charge on any atom is -0.321 e. The van der Waals surface area contributed by atoms with Crippen LogP contribution >= 0.6 is 0 Å². The van der Waals surface area contributed by atoms with Gasteiger partial charge >= 0.3 is 5.76 Å². The van der Waals surface area contributed by atoms with Crippen molar-refractivity contribution >= 4 is 33.0 Å². The van der Waals surface area contributed by atoms with Crippen LogP contribution in [-0.4, -0.2) is 32.5 Å². The highest BCUT2D eigenvalue weighted by molar-refractivity contribution is 7.91. The average Bonchev–Trinajstić information content (AvgIpc) is 2.68. The maximum absolute atomic E-state index is 12.9. The number of para-hydroxylation sites is 1. The Kier molecular flexibility index (Phi) is 5.73. The molecular weight excluding hydrogens is 390 g/mol. The smallest absolute Gasteiger partial charge is 0.321 e. The Morgan fingerprint density at radius 3 is 2.36 bits per heavy atom. The van der Waals surface area contributed by atoms with Crippen LogP contribution in [0.15, 0.2) is 53.4 Å². The summed E-state index contributed by atoms with van der Waals surface area (Å²) < 4.78 is 49.3. The number of halogens is 2. The lowest BCUT2D eigenvalue weighted by Crippen LogP contribution is -2.35. The normalized spacial score (nSPS) is 15.0. The molecule has 9 heteroatoms. The van der Waals surface area contributed by atoms with Crippen LogP contribution in [0.1, 0.15) is 29.6 Å². The maximum atomic E-state index is 12.9. The number of carbonyl (C=O) groups excluding carboxylic acids is 2. The van der Waals surface area contributed by atoms with Crippen LogP contribution in [0.2, 0.25) is 0 Å². The Morgan fingerprint density at radius 2 is 1.71 bits per heavy atom. The Morgan fingerprint density at radius 1 is 1.04 bits per heavy atom. The number of anilines is 2. The van der Waals surface area contributed by atoms with E-state index in [9.17, 15) is 26.8 Å². The second-order valence-corrected chi connectivity index (χ2v) is 8.19. The molecule has 1 aliphatic heterocycles. The monoisotopic (exact) mass is 408 g/mol. The van der Waals surface area contributed by atoms with Gasteiger partial charge in [-0.15, -0.1) is 0 Å². The number of nitrogens with zero attached hydrogens (tertiary/aromatic N) is 1. The van der Waals surface area contributed by atoms with Gasteiger partial charge in [0, 0.05) is 24.2 Å². The average molecular weight is 408 g/mol. The number of amides is 2. The number of nitrogens with one attached hydrogen (secondary N) is 1. The molecule has 0 spiro atoms. The third-order valence-electron chi connectivity index (χ3n) is 4.44. The fourth-order valence-electron chi connectivity index (χ4n) is 2.98. The molecule has 1 heterocycles. The van der Waals surface area contributed by atoms with Crippen molar-refractivity contribution in [1.29, 1.82) is 0 Å². The second-order valence-electron chi connectivity index (χ2n) is 6.31. The summed E-state index contributed by atoms with van der Waals surface area (Å²) in [4.78, 5) is 25.4. The van der Waals surface area contributed by atoms with Gasteiger partial charge in [-0.1, -0.05) is 12.1 Å². The molecule has 0 aliphatic carbocycles. The molecule has 1 fully saturated rings. The van der Waals surface area contributed by atoms with Gasteiger partial charge in [-0.3, -0.25) is 9.59 Å². The minimum atomic E-state index is -4.85. The third kappa shape index (κ3) is 4.04. The molecule has 0 bridgehead atoms. The lowest BCUT2D eigenvalue weighted by atomic mass is 10.1. The minimum absolute atomic E-state index is 0.0228. The third-order valence-corrected chi connectivity index (χ3v) is 5.88. The summed E-state index contributed by atoms with van der Waals surface area (Å²) in [5, 5.41) is 2.36. The first-order valence-corrected chi connectivity index (χ1v) is 10.2. The molecule has 1 N–H and O–H groups in total. The first-order valence-electron chi connectivity index (χ1n) is 8.63. The van der Waals surface area contributed by atoms with Crippen molar-refractivity contribution in [3.63, 3.8) is 0 Å². The Labute approximate surface area is 161 Å². The molecule has 6 nitrogen and oxygen atoms in total. The van der Waals surface area contributed by atoms with Gasteiger partial charge < -0.3 is 10.2 Å². The largest absolute Gasteiger partial charge is 0.341 e. The zero-order chi connectivity index (χ0) is 20.3. The summed E-state index contributed by atoms with van der Waals surface area (Å²) in [7, 11) is -4.85. The van der Waals surface area contributed by atoms with E-state index in [0.717, 1.165) is 18.9 Å². The van der Waals surface area contributed by atoms with Gasteiger partial charge in [-0.2, -0.15) is 8.78 Å². The number of hydrogen-bond acceptors (Lipinski definition) is 4. The molecule has 2 aromatic carbocycles. The molecule has 0 radical (unpaired) electrons. The van der Waals surface area contributed by atoms with Crippen LogP contribution in [0.25, 0.3) is 0 Å². The second kappa shape index (κ2) is 8.05. The van der Waals surface area contributed by atoms with E-state index in [4.69, 9.17) is 0 Å². The van der Waals surface area contributed by atoms with Gasteiger partial charge in [0.1, 0.15) is 0 Å². The lowest BCUT2D eigenvalue weighted by Gasteiger charge is -2.26. The van der Waals surface area contributed by atoms with Crippen molar-refractivity contribution in [2.45, 2.75) is 29.9 Å². The summed E-state index contributed by atoms with van der Waals surface area (Å²) in [5.41, 5.74) is 0.655. The number of rotatable bonds is 5.